The van der Waals surface area contributed by atoms with Gasteiger partial charge in [0.2, 0.25) is 0 Å². The fourth-order valence-corrected chi connectivity index (χ4v) is 2.25. The van der Waals surface area contributed by atoms with Gasteiger partial charge in [-0.3, -0.25) is 4.68 Å². The molecule has 0 bridgehead atoms. The maximum absolute atomic E-state index is 14.2. The van der Waals surface area contributed by atoms with Crippen LogP contribution in [0.25, 0.3) is 17.0 Å². The molecule has 4 nitrogen and oxygen atoms in total. The summed E-state index contributed by atoms with van der Waals surface area (Å²) in [6, 6.07) is 5.20. The van der Waals surface area contributed by atoms with E-state index in [0.29, 0.717) is 17.0 Å². The fourth-order valence-electron chi connectivity index (χ4n) is 2.25. The van der Waals surface area contributed by atoms with Crippen molar-refractivity contribution in [3.8, 4) is 11.4 Å². The molecule has 0 aliphatic carbocycles. The first kappa shape index (κ1) is 12.0. The highest BCUT2D eigenvalue weighted by molar-refractivity contribution is 5.69. The highest BCUT2D eigenvalue weighted by Crippen LogP contribution is 2.26. The average molecular weight is 258 g/mol. The van der Waals surface area contributed by atoms with Gasteiger partial charge in [0.15, 0.2) is 5.82 Å². The maximum Gasteiger partial charge on any atom is 0.181 e. The zero-order valence-electron chi connectivity index (χ0n) is 10.7. The van der Waals surface area contributed by atoms with Crippen molar-refractivity contribution in [1.82, 2.24) is 20.1 Å². The van der Waals surface area contributed by atoms with Crippen molar-refractivity contribution < 1.29 is 4.39 Å². The molecule has 1 N–H and O–H groups in total. The summed E-state index contributed by atoms with van der Waals surface area (Å²) in [4.78, 5) is 4.13. The number of aromatic nitrogens is 3. The van der Waals surface area contributed by atoms with Crippen LogP contribution in [-0.4, -0.2) is 27.9 Å². The number of rotatable bonds is 2. The Hall–Kier alpha value is -2.01. The van der Waals surface area contributed by atoms with Crippen molar-refractivity contribution in [2.24, 2.45) is 7.05 Å². The molecule has 0 fully saturated rings. The Bertz CT molecular complexity index is 630. The molecule has 1 aliphatic heterocycles. The van der Waals surface area contributed by atoms with Crippen LogP contribution in [0.3, 0.4) is 0 Å². The zero-order chi connectivity index (χ0) is 13.2. The fraction of sp³-hybridized carbons (Fsp3) is 0.286. The van der Waals surface area contributed by atoms with E-state index in [1.54, 1.807) is 18.1 Å². The van der Waals surface area contributed by atoms with Gasteiger partial charge in [-0.1, -0.05) is 18.2 Å². The van der Waals surface area contributed by atoms with Crippen molar-refractivity contribution in [2.75, 3.05) is 13.1 Å². The lowest BCUT2D eigenvalue weighted by Crippen LogP contribution is -2.20. The summed E-state index contributed by atoms with van der Waals surface area (Å²) in [5.41, 5.74) is 2.45. The molecule has 2 aromatic rings. The zero-order valence-corrected chi connectivity index (χ0v) is 10.7. The molecule has 5 heteroatoms. The van der Waals surface area contributed by atoms with Crippen LogP contribution in [0.1, 0.15) is 12.0 Å². The molecule has 3 rings (SSSR count). The van der Waals surface area contributed by atoms with E-state index in [1.165, 1.54) is 6.07 Å². The highest BCUT2D eigenvalue weighted by Gasteiger charge is 2.12. The maximum atomic E-state index is 14.2. The molecule has 0 atom stereocenters. The number of nitrogens with zero attached hydrogens (tertiary/aromatic N) is 3. The Morgan fingerprint density at radius 1 is 1.37 bits per heavy atom. The second-order valence-electron chi connectivity index (χ2n) is 4.62. The first-order valence-electron chi connectivity index (χ1n) is 6.30. The smallest absolute Gasteiger partial charge is 0.181 e. The lowest BCUT2D eigenvalue weighted by atomic mass is 9.98. The van der Waals surface area contributed by atoms with Crippen LogP contribution < -0.4 is 5.32 Å². The van der Waals surface area contributed by atoms with E-state index in [-0.39, 0.29) is 5.82 Å². The van der Waals surface area contributed by atoms with Gasteiger partial charge in [0, 0.05) is 24.7 Å². The van der Waals surface area contributed by atoms with Crippen molar-refractivity contribution in [3.63, 3.8) is 0 Å². The number of nitrogens with one attached hydrogen (secondary N) is 1. The molecule has 98 valence electrons. The number of hydrogen-bond donors (Lipinski definition) is 1. The SMILES string of the molecule is Cn1cnc(-c2ccc(C3=CCNCC3)c(F)c2)n1. The molecule has 0 spiro atoms. The largest absolute Gasteiger partial charge is 0.313 e. The van der Waals surface area contributed by atoms with Crippen molar-refractivity contribution in [1.29, 1.82) is 0 Å². The van der Waals surface area contributed by atoms with Crippen molar-refractivity contribution in [2.45, 2.75) is 6.42 Å². The molecular formula is C14H15FN4. The molecule has 1 aliphatic rings. The molecule has 19 heavy (non-hydrogen) atoms. The van der Waals surface area contributed by atoms with Gasteiger partial charge >= 0.3 is 0 Å². The Morgan fingerprint density at radius 3 is 2.89 bits per heavy atom. The van der Waals surface area contributed by atoms with Crippen molar-refractivity contribution >= 4 is 5.57 Å². The molecule has 1 aromatic heterocycles. The summed E-state index contributed by atoms with van der Waals surface area (Å²) in [7, 11) is 1.79. The molecule has 0 radical (unpaired) electrons. The molecule has 0 amide bonds. The normalized spacial score (nSPS) is 15.4. The van der Waals surface area contributed by atoms with E-state index < -0.39 is 0 Å². The van der Waals surface area contributed by atoms with Gasteiger partial charge in [-0.25, -0.2) is 9.37 Å². The molecule has 1 aromatic carbocycles. The van der Waals surface area contributed by atoms with Crippen LogP contribution >= 0.6 is 0 Å². The van der Waals surface area contributed by atoms with E-state index in [2.05, 4.69) is 15.4 Å². The second kappa shape index (κ2) is 4.93. The summed E-state index contributed by atoms with van der Waals surface area (Å²) in [5, 5.41) is 7.40. The number of benzene rings is 1. The topological polar surface area (TPSA) is 42.7 Å². The Balaban J connectivity index is 1.95. The standard InChI is InChI=1S/C14H15FN4/c1-19-9-17-14(18-19)11-2-3-12(13(15)8-11)10-4-6-16-7-5-10/h2-4,8-9,16H,5-7H2,1H3. The van der Waals surface area contributed by atoms with E-state index >= 15 is 0 Å². The Labute approximate surface area is 111 Å². The quantitative estimate of drug-likeness (QED) is 0.896. The summed E-state index contributed by atoms with van der Waals surface area (Å²) in [6.45, 7) is 1.70. The third-order valence-electron chi connectivity index (χ3n) is 3.24. The highest BCUT2D eigenvalue weighted by atomic mass is 19.1. The van der Waals surface area contributed by atoms with Crippen LogP contribution in [0.15, 0.2) is 30.6 Å². The van der Waals surface area contributed by atoms with E-state index in [9.17, 15) is 4.39 Å². The lowest BCUT2D eigenvalue weighted by Gasteiger charge is -2.15. The molecule has 2 heterocycles. The number of hydrogen-bond acceptors (Lipinski definition) is 3. The van der Waals surface area contributed by atoms with Gasteiger partial charge in [-0.15, -0.1) is 0 Å². The van der Waals surface area contributed by atoms with Gasteiger partial charge in [0.1, 0.15) is 12.1 Å². The summed E-state index contributed by atoms with van der Waals surface area (Å²) >= 11 is 0. The Kier molecular flexibility index (Phi) is 3.13. The van der Waals surface area contributed by atoms with Gasteiger partial charge in [0.25, 0.3) is 0 Å². The van der Waals surface area contributed by atoms with Crippen LogP contribution in [0, 0.1) is 5.82 Å². The van der Waals surface area contributed by atoms with Crippen LogP contribution in [0.5, 0.6) is 0 Å². The van der Waals surface area contributed by atoms with Gasteiger partial charge in [-0.2, -0.15) is 5.10 Å². The summed E-state index contributed by atoms with van der Waals surface area (Å²) in [5.74, 6) is 0.338. The van der Waals surface area contributed by atoms with Crippen molar-refractivity contribution in [3.05, 3.63) is 42.0 Å². The Morgan fingerprint density at radius 2 is 2.26 bits per heavy atom. The third kappa shape index (κ3) is 2.42. The summed E-state index contributed by atoms with van der Waals surface area (Å²) in [6.07, 6.45) is 4.51. The van der Waals surface area contributed by atoms with Gasteiger partial charge in [-0.05, 0) is 24.6 Å². The van der Waals surface area contributed by atoms with Crippen LogP contribution in [0.4, 0.5) is 4.39 Å². The van der Waals surface area contributed by atoms with E-state index in [1.807, 2.05) is 18.2 Å². The first-order chi connectivity index (χ1) is 9.24. The number of halogens is 1. The molecule has 0 unspecified atom stereocenters. The van der Waals surface area contributed by atoms with Gasteiger partial charge < -0.3 is 5.32 Å². The third-order valence-corrected chi connectivity index (χ3v) is 3.24. The minimum Gasteiger partial charge on any atom is -0.313 e. The number of aryl methyl sites for hydroxylation is 1. The molecule has 0 saturated carbocycles. The first-order valence-corrected chi connectivity index (χ1v) is 6.30. The summed E-state index contributed by atoms with van der Waals surface area (Å²) < 4.78 is 15.8. The lowest BCUT2D eigenvalue weighted by molar-refractivity contribution is 0.621. The predicted octanol–water partition coefficient (Wildman–Crippen LogP) is 2.00. The van der Waals surface area contributed by atoms with Crippen LogP contribution in [-0.2, 0) is 7.05 Å². The average Bonchev–Trinajstić information content (AvgIpc) is 2.86. The van der Waals surface area contributed by atoms with Crippen LogP contribution in [0.2, 0.25) is 0 Å². The minimum absolute atomic E-state index is 0.210. The predicted molar refractivity (Wildman–Crippen MR) is 71.9 cm³/mol. The molecule has 0 saturated heterocycles. The minimum atomic E-state index is -0.210. The van der Waals surface area contributed by atoms with E-state index in [4.69, 9.17) is 0 Å². The van der Waals surface area contributed by atoms with Gasteiger partial charge in [0.05, 0.1) is 0 Å². The van der Waals surface area contributed by atoms with E-state index in [0.717, 1.165) is 25.1 Å². The molecular weight excluding hydrogens is 243 g/mol. The monoisotopic (exact) mass is 258 g/mol. The second-order valence-corrected chi connectivity index (χ2v) is 4.62.